The Balaban J connectivity index is 1.99. The Hall–Kier alpha value is -1.49. The van der Waals surface area contributed by atoms with Crippen molar-refractivity contribution in [3.05, 3.63) is 22.4 Å². The van der Waals surface area contributed by atoms with Crippen LogP contribution in [-0.2, 0) is 19.6 Å². The number of rotatable bonds is 7. The fourth-order valence-corrected chi connectivity index (χ4v) is 4.29. The van der Waals surface area contributed by atoms with Crippen molar-refractivity contribution in [1.29, 1.82) is 0 Å². The molecule has 1 aliphatic rings. The van der Waals surface area contributed by atoms with Crippen molar-refractivity contribution >= 4 is 33.2 Å². The zero-order valence-electron chi connectivity index (χ0n) is 15.3. The first-order chi connectivity index (χ1) is 12.0. The molecule has 0 radical (unpaired) electrons. The van der Waals surface area contributed by atoms with Crippen LogP contribution in [0.5, 0.6) is 0 Å². The van der Waals surface area contributed by atoms with Crippen LogP contribution in [-0.4, -0.2) is 69.2 Å². The van der Waals surface area contributed by atoms with Gasteiger partial charge in [-0.05, 0) is 25.3 Å². The summed E-state index contributed by atoms with van der Waals surface area (Å²) in [5.41, 5.74) is -1.14. The average Bonchev–Trinajstić information content (AvgIpc) is 3.18. The maximum atomic E-state index is 12.6. The van der Waals surface area contributed by atoms with E-state index in [0.29, 0.717) is 4.88 Å². The number of ether oxygens (including phenoxy) is 1. The lowest BCUT2D eigenvalue weighted by Gasteiger charge is -2.28. The summed E-state index contributed by atoms with van der Waals surface area (Å²) in [6, 6.07) is 3.02. The van der Waals surface area contributed by atoms with E-state index in [1.54, 1.807) is 31.4 Å². The van der Waals surface area contributed by atoms with E-state index >= 15 is 0 Å². The number of carbonyl (C=O) groups excluding carboxylic acids is 2. The molecule has 2 heterocycles. The van der Waals surface area contributed by atoms with Crippen molar-refractivity contribution in [3.63, 3.8) is 0 Å². The van der Waals surface area contributed by atoms with Crippen molar-refractivity contribution < 1.29 is 22.7 Å². The summed E-state index contributed by atoms with van der Waals surface area (Å²) in [7, 11) is -0.452. The van der Waals surface area contributed by atoms with Crippen LogP contribution in [0, 0.1) is 5.92 Å². The lowest BCUT2D eigenvalue weighted by Crippen LogP contribution is -2.58. The first-order valence-electron chi connectivity index (χ1n) is 8.18. The molecule has 1 aromatic rings. The second-order valence-corrected chi connectivity index (χ2v) is 10.2. The lowest BCUT2D eigenvalue weighted by atomic mass is 10.0. The fourth-order valence-electron chi connectivity index (χ4n) is 2.50. The normalized spacial score (nSPS) is 21.0. The number of hydrogen-bond donors (Lipinski definition) is 2. The maximum absolute atomic E-state index is 12.6. The Morgan fingerprint density at radius 1 is 1.35 bits per heavy atom. The van der Waals surface area contributed by atoms with Crippen molar-refractivity contribution in [2.75, 3.05) is 33.1 Å². The first kappa shape index (κ1) is 20.8. The fraction of sp³-hybridized carbons (Fsp3) is 0.625. The van der Waals surface area contributed by atoms with E-state index in [4.69, 9.17) is 4.74 Å². The molecule has 26 heavy (non-hydrogen) atoms. The monoisotopic (exact) mass is 403 g/mol. The standard InChI is InChI=1S/C16H25N3O5S2/c1-16(2,18-14(20)13-6-5-7-25-13)15(21)17-12-9-24-8-11(12)10-26(22,23)19(3)4/h5-7,11-12H,8-10H2,1-4H3,(H,17,21)(H,18,20)/t11-,12-/m0/s1. The minimum atomic E-state index is -3.40. The number of hydrogen-bond acceptors (Lipinski definition) is 6. The van der Waals surface area contributed by atoms with Gasteiger partial charge in [-0.15, -0.1) is 11.3 Å². The highest BCUT2D eigenvalue weighted by Crippen LogP contribution is 2.18. The van der Waals surface area contributed by atoms with Gasteiger partial charge in [-0.1, -0.05) is 6.07 Å². The third-order valence-corrected chi connectivity index (χ3v) is 7.07. The van der Waals surface area contributed by atoms with Gasteiger partial charge in [0.25, 0.3) is 5.91 Å². The summed E-state index contributed by atoms with van der Waals surface area (Å²) in [4.78, 5) is 25.4. The van der Waals surface area contributed by atoms with Crippen LogP contribution < -0.4 is 10.6 Å². The molecule has 1 fully saturated rings. The molecule has 1 aliphatic heterocycles. The molecule has 2 N–H and O–H groups in total. The van der Waals surface area contributed by atoms with E-state index in [1.165, 1.54) is 25.4 Å². The highest BCUT2D eigenvalue weighted by molar-refractivity contribution is 7.89. The molecule has 0 bridgehead atoms. The smallest absolute Gasteiger partial charge is 0.262 e. The van der Waals surface area contributed by atoms with Gasteiger partial charge in [-0.2, -0.15) is 0 Å². The number of nitrogens with one attached hydrogen (secondary N) is 2. The van der Waals surface area contributed by atoms with Gasteiger partial charge in [0, 0.05) is 20.0 Å². The number of amides is 2. The topological polar surface area (TPSA) is 105 Å². The molecule has 8 nitrogen and oxygen atoms in total. The molecular weight excluding hydrogens is 378 g/mol. The molecule has 2 atom stereocenters. The quantitative estimate of drug-likeness (QED) is 0.680. The molecule has 0 saturated carbocycles. The summed E-state index contributed by atoms with van der Waals surface area (Å²) in [6.45, 7) is 3.72. The zero-order valence-corrected chi connectivity index (χ0v) is 16.9. The summed E-state index contributed by atoms with van der Waals surface area (Å²) < 4.78 is 30.7. The molecule has 10 heteroatoms. The predicted molar refractivity (Wildman–Crippen MR) is 99.6 cm³/mol. The van der Waals surface area contributed by atoms with Crippen LogP contribution >= 0.6 is 11.3 Å². The van der Waals surface area contributed by atoms with Crippen LogP contribution in [0.15, 0.2) is 17.5 Å². The Morgan fingerprint density at radius 2 is 2.04 bits per heavy atom. The van der Waals surface area contributed by atoms with E-state index in [9.17, 15) is 18.0 Å². The van der Waals surface area contributed by atoms with Gasteiger partial charge in [-0.3, -0.25) is 9.59 Å². The van der Waals surface area contributed by atoms with Crippen LogP contribution in [0.1, 0.15) is 23.5 Å². The molecular formula is C16H25N3O5S2. The maximum Gasteiger partial charge on any atom is 0.262 e. The van der Waals surface area contributed by atoms with Crippen LogP contribution in [0.3, 0.4) is 0 Å². The van der Waals surface area contributed by atoms with E-state index in [2.05, 4.69) is 10.6 Å². The van der Waals surface area contributed by atoms with E-state index in [-0.39, 0.29) is 36.7 Å². The second-order valence-electron chi connectivity index (χ2n) is 6.99. The third-order valence-electron chi connectivity index (χ3n) is 4.23. The van der Waals surface area contributed by atoms with E-state index in [0.717, 1.165) is 4.31 Å². The Bertz CT molecular complexity index is 744. The number of sulfonamides is 1. The number of thiophene rings is 1. The minimum absolute atomic E-state index is 0.104. The summed E-state index contributed by atoms with van der Waals surface area (Å²) >= 11 is 1.29. The van der Waals surface area contributed by atoms with Crippen LogP contribution in [0.2, 0.25) is 0 Å². The zero-order chi connectivity index (χ0) is 19.5. The molecule has 1 saturated heterocycles. The number of carbonyl (C=O) groups is 2. The molecule has 0 aliphatic carbocycles. The van der Waals surface area contributed by atoms with E-state index in [1.807, 2.05) is 0 Å². The predicted octanol–water partition coefficient (Wildman–Crippen LogP) is 0.279. The average molecular weight is 404 g/mol. The number of nitrogens with zero attached hydrogens (tertiary/aromatic N) is 1. The molecule has 0 aromatic carbocycles. The Kier molecular flexibility index (Phi) is 6.43. The highest BCUT2D eigenvalue weighted by Gasteiger charge is 2.38. The van der Waals surface area contributed by atoms with Gasteiger partial charge in [0.05, 0.1) is 29.9 Å². The lowest BCUT2D eigenvalue weighted by molar-refractivity contribution is -0.127. The molecule has 2 amide bonds. The van der Waals surface area contributed by atoms with E-state index < -0.39 is 21.6 Å². The van der Waals surface area contributed by atoms with Gasteiger partial charge in [0.2, 0.25) is 15.9 Å². The first-order valence-corrected chi connectivity index (χ1v) is 10.7. The SMILES string of the molecule is CN(C)S(=O)(=O)C[C@@H]1COC[C@@H]1NC(=O)C(C)(C)NC(=O)c1cccs1. The summed E-state index contributed by atoms with van der Waals surface area (Å²) in [6.07, 6.45) is 0. The van der Waals surface area contributed by atoms with Crippen molar-refractivity contribution in [2.45, 2.75) is 25.4 Å². The Morgan fingerprint density at radius 3 is 2.62 bits per heavy atom. The van der Waals surface area contributed by atoms with Crippen LogP contribution in [0.4, 0.5) is 0 Å². The van der Waals surface area contributed by atoms with Crippen molar-refractivity contribution in [2.24, 2.45) is 5.92 Å². The molecule has 2 rings (SSSR count). The minimum Gasteiger partial charge on any atom is -0.379 e. The third kappa shape index (κ3) is 5.03. The Labute approximate surface area is 158 Å². The summed E-state index contributed by atoms with van der Waals surface area (Å²) in [5, 5.41) is 7.31. The van der Waals surface area contributed by atoms with Gasteiger partial charge < -0.3 is 15.4 Å². The highest BCUT2D eigenvalue weighted by atomic mass is 32.2. The molecule has 0 unspecified atom stereocenters. The largest absolute Gasteiger partial charge is 0.379 e. The van der Waals surface area contributed by atoms with Crippen molar-refractivity contribution in [3.8, 4) is 0 Å². The summed E-state index contributed by atoms with van der Waals surface area (Å²) in [5.74, 6) is -1.15. The molecule has 146 valence electrons. The van der Waals surface area contributed by atoms with Gasteiger partial charge in [-0.25, -0.2) is 12.7 Å². The van der Waals surface area contributed by atoms with Crippen molar-refractivity contribution in [1.82, 2.24) is 14.9 Å². The van der Waals surface area contributed by atoms with Gasteiger partial charge in [0.1, 0.15) is 5.54 Å². The van der Waals surface area contributed by atoms with Gasteiger partial charge >= 0.3 is 0 Å². The van der Waals surface area contributed by atoms with Crippen LogP contribution in [0.25, 0.3) is 0 Å². The second kappa shape index (κ2) is 8.03. The molecule has 0 spiro atoms. The van der Waals surface area contributed by atoms with Gasteiger partial charge in [0.15, 0.2) is 0 Å². The molecule has 1 aromatic heterocycles.